The maximum Gasteiger partial charge on any atom is 0.326 e. The maximum absolute atomic E-state index is 13.1. The van der Waals surface area contributed by atoms with E-state index in [-0.39, 0.29) is 12.8 Å². The fourth-order valence-electron chi connectivity index (χ4n) is 2.71. The van der Waals surface area contributed by atoms with Crippen LogP contribution in [0.15, 0.2) is 60.7 Å². The van der Waals surface area contributed by atoms with Crippen molar-refractivity contribution in [3.63, 3.8) is 0 Å². The first-order valence-electron chi connectivity index (χ1n) is 9.11. The first kappa shape index (κ1) is 21.8. The van der Waals surface area contributed by atoms with E-state index in [1.165, 1.54) is 31.2 Å². The van der Waals surface area contributed by atoms with Gasteiger partial charge in [-0.3, -0.25) is 9.59 Å². The molecule has 152 valence electrons. The Morgan fingerprint density at radius 1 is 1.00 bits per heavy atom. The fraction of sp³-hybridized carbons (Fsp3) is 0.227. The first-order valence-corrected chi connectivity index (χ1v) is 9.11. The van der Waals surface area contributed by atoms with Crippen LogP contribution in [0.4, 0.5) is 4.39 Å². The van der Waals surface area contributed by atoms with E-state index in [2.05, 4.69) is 10.6 Å². The standard InChI is InChI=1S/C22H23FN2O4/c1-15(26)24-20(14-17-10-12-18(23)13-11-17)21(27)25-19(22(28)29)9-5-8-16-6-3-2-4-7-16/h2-8,10-13,19-20H,9,14H2,1H3,(H,24,26)(H,25,27)(H,28,29)/b8-5+/t19-,20+/m1/s1. The Kier molecular flexibility index (Phi) is 8.09. The van der Waals surface area contributed by atoms with Crippen molar-refractivity contribution in [1.82, 2.24) is 10.6 Å². The second-order valence-corrected chi connectivity index (χ2v) is 6.53. The number of carbonyl (C=O) groups excluding carboxylic acids is 2. The van der Waals surface area contributed by atoms with Gasteiger partial charge in [0.25, 0.3) is 0 Å². The van der Waals surface area contributed by atoms with Crippen molar-refractivity contribution < 1.29 is 23.9 Å². The number of nitrogens with one attached hydrogen (secondary N) is 2. The smallest absolute Gasteiger partial charge is 0.326 e. The van der Waals surface area contributed by atoms with Crippen molar-refractivity contribution in [3.8, 4) is 0 Å². The molecule has 0 heterocycles. The predicted octanol–water partition coefficient (Wildman–Crippen LogP) is 2.55. The molecule has 0 saturated heterocycles. The number of carbonyl (C=O) groups is 3. The third-order valence-electron chi connectivity index (χ3n) is 4.14. The number of carboxylic acids is 1. The summed E-state index contributed by atoms with van der Waals surface area (Å²) < 4.78 is 13.1. The van der Waals surface area contributed by atoms with Crippen molar-refractivity contribution in [1.29, 1.82) is 0 Å². The fourth-order valence-corrected chi connectivity index (χ4v) is 2.71. The van der Waals surface area contributed by atoms with Gasteiger partial charge in [-0.2, -0.15) is 0 Å². The van der Waals surface area contributed by atoms with Crippen LogP contribution >= 0.6 is 0 Å². The summed E-state index contributed by atoms with van der Waals surface area (Å²) in [4.78, 5) is 35.6. The van der Waals surface area contributed by atoms with Crippen LogP contribution in [-0.4, -0.2) is 35.0 Å². The summed E-state index contributed by atoms with van der Waals surface area (Å²) in [6.45, 7) is 1.27. The lowest BCUT2D eigenvalue weighted by atomic mass is 10.0. The molecule has 0 aromatic heterocycles. The van der Waals surface area contributed by atoms with E-state index in [4.69, 9.17) is 0 Å². The van der Waals surface area contributed by atoms with Gasteiger partial charge in [0.05, 0.1) is 0 Å². The Balaban J connectivity index is 2.04. The number of aliphatic carboxylic acids is 1. The van der Waals surface area contributed by atoms with E-state index >= 15 is 0 Å². The summed E-state index contributed by atoms with van der Waals surface area (Å²) in [5.41, 5.74) is 1.55. The van der Waals surface area contributed by atoms with Gasteiger partial charge in [0.2, 0.25) is 11.8 Å². The quantitative estimate of drug-likeness (QED) is 0.605. The van der Waals surface area contributed by atoms with Crippen LogP contribution in [0.1, 0.15) is 24.5 Å². The van der Waals surface area contributed by atoms with Gasteiger partial charge in [-0.1, -0.05) is 54.6 Å². The molecule has 0 fully saturated rings. The third-order valence-corrected chi connectivity index (χ3v) is 4.14. The summed E-state index contributed by atoms with van der Waals surface area (Å²) in [6.07, 6.45) is 3.63. The number of rotatable bonds is 9. The molecule has 0 spiro atoms. The molecule has 0 bridgehead atoms. The molecule has 2 rings (SSSR count). The lowest BCUT2D eigenvalue weighted by molar-refractivity contribution is -0.142. The average Bonchev–Trinajstić information content (AvgIpc) is 2.68. The molecule has 29 heavy (non-hydrogen) atoms. The van der Waals surface area contributed by atoms with Gasteiger partial charge < -0.3 is 15.7 Å². The zero-order valence-corrected chi connectivity index (χ0v) is 16.0. The summed E-state index contributed by atoms with van der Waals surface area (Å²) in [5, 5.41) is 14.4. The average molecular weight is 398 g/mol. The van der Waals surface area contributed by atoms with E-state index in [0.29, 0.717) is 5.56 Å². The summed E-state index contributed by atoms with van der Waals surface area (Å²) in [7, 11) is 0. The molecule has 2 atom stereocenters. The van der Waals surface area contributed by atoms with E-state index in [1.807, 2.05) is 30.3 Å². The summed E-state index contributed by atoms with van der Waals surface area (Å²) in [5.74, 6) is -2.64. The summed E-state index contributed by atoms with van der Waals surface area (Å²) >= 11 is 0. The van der Waals surface area contributed by atoms with Gasteiger partial charge in [-0.05, 0) is 29.7 Å². The molecule has 0 unspecified atom stereocenters. The Hall–Kier alpha value is -3.48. The van der Waals surface area contributed by atoms with Crippen LogP contribution in [0.25, 0.3) is 6.08 Å². The monoisotopic (exact) mass is 398 g/mol. The second kappa shape index (κ2) is 10.8. The van der Waals surface area contributed by atoms with E-state index in [1.54, 1.807) is 12.2 Å². The van der Waals surface area contributed by atoms with Crippen LogP contribution < -0.4 is 10.6 Å². The van der Waals surface area contributed by atoms with Gasteiger partial charge in [0, 0.05) is 13.3 Å². The molecular formula is C22H23FN2O4. The lowest BCUT2D eigenvalue weighted by Crippen LogP contribution is -2.52. The highest BCUT2D eigenvalue weighted by atomic mass is 19.1. The minimum absolute atomic E-state index is 0.0826. The molecule has 0 radical (unpaired) electrons. The molecule has 2 aromatic carbocycles. The molecule has 0 aliphatic heterocycles. The Morgan fingerprint density at radius 3 is 2.24 bits per heavy atom. The molecule has 7 heteroatoms. The second-order valence-electron chi connectivity index (χ2n) is 6.53. The lowest BCUT2D eigenvalue weighted by Gasteiger charge is -2.20. The van der Waals surface area contributed by atoms with Crippen molar-refractivity contribution in [3.05, 3.63) is 77.6 Å². The van der Waals surface area contributed by atoms with Gasteiger partial charge in [0.1, 0.15) is 17.9 Å². The van der Waals surface area contributed by atoms with Crippen LogP contribution in [0.2, 0.25) is 0 Å². The number of hydrogen-bond donors (Lipinski definition) is 3. The van der Waals surface area contributed by atoms with Crippen molar-refractivity contribution in [2.24, 2.45) is 0 Å². The molecule has 0 aliphatic carbocycles. The first-order chi connectivity index (χ1) is 13.8. The zero-order valence-electron chi connectivity index (χ0n) is 16.0. The number of halogens is 1. The molecule has 0 saturated carbocycles. The third kappa shape index (κ3) is 7.57. The molecule has 2 aromatic rings. The van der Waals surface area contributed by atoms with Gasteiger partial charge in [0.15, 0.2) is 0 Å². The molecule has 0 aliphatic rings. The van der Waals surface area contributed by atoms with Crippen molar-refractivity contribution in [2.45, 2.75) is 31.8 Å². The predicted molar refractivity (Wildman–Crippen MR) is 107 cm³/mol. The van der Waals surface area contributed by atoms with Gasteiger partial charge >= 0.3 is 5.97 Å². The van der Waals surface area contributed by atoms with E-state index in [0.717, 1.165) is 5.56 Å². The normalized spacial score (nSPS) is 12.9. The topological polar surface area (TPSA) is 95.5 Å². The number of carboxylic acid groups (broad SMARTS) is 1. The SMILES string of the molecule is CC(=O)N[C@@H](Cc1ccc(F)cc1)C(=O)N[C@H](C/C=C/c1ccccc1)C(=O)O. The molecule has 3 N–H and O–H groups in total. The van der Waals surface area contributed by atoms with Crippen LogP contribution in [0.5, 0.6) is 0 Å². The number of hydrogen-bond acceptors (Lipinski definition) is 3. The van der Waals surface area contributed by atoms with Gasteiger partial charge in [-0.25, -0.2) is 9.18 Å². The minimum atomic E-state index is -1.18. The van der Waals surface area contributed by atoms with Crippen LogP contribution in [0.3, 0.4) is 0 Å². The number of benzene rings is 2. The Morgan fingerprint density at radius 2 is 1.66 bits per heavy atom. The Bertz CT molecular complexity index is 866. The molecule has 6 nitrogen and oxygen atoms in total. The molecule has 2 amide bonds. The highest BCUT2D eigenvalue weighted by Gasteiger charge is 2.25. The largest absolute Gasteiger partial charge is 0.480 e. The van der Waals surface area contributed by atoms with Crippen LogP contribution in [-0.2, 0) is 20.8 Å². The van der Waals surface area contributed by atoms with Crippen molar-refractivity contribution in [2.75, 3.05) is 0 Å². The Labute approximate surface area is 168 Å². The number of amides is 2. The maximum atomic E-state index is 13.1. The van der Waals surface area contributed by atoms with Crippen LogP contribution in [0, 0.1) is 5.82 Å². The molecular weight excluding hydrogens is 375 g/mol. The van der Waals surface area contributed by atoms with E-state index < -0.39 is 35.7 Å². The highest BCUT2D eigenvalue weighted by molar-refractivity contribution is 5.90. The zero-order chi connectivity index (χ0) is 21.2. The minimum Gasteiger partial charge on any atom is -0.480 e. The summed E-state index contributed by atoms with van der Waals surface area (Å²) in [6, 6.07) is 12.8. The highest BCUT2D eigenvalue weighted by Crippen LogP contribution is 2.08. The van der Waals surface area contributed by atoms with Gasteiger partial charge in [-0.15, -0.1) is 0 Å². The van der Waals surface area contributed by atoms with Crippen molar-refractivity contribution >= 4 is 23.9 Å². The van der Waals surface area contributed by atoms with E-state index in [9.17, 15) is 23.9 Å².